The van der Waals surface area contributed by atoms with Gasteiger partial charge in [0.2, 0.25) is 76.8 Å². The zero-order valence-electron chi connectivity index (χ0n) is 56.2. The molecule has 0 fully saturated rings. The van der Waals surface area contributed by atoms with Crippen molar-refractivity contribution < 1.29 is 97.1 Å². The van der Waals surface area contributed by atoms with Crippen LogP contribution in [0.5, 0.6) is 0 Å². The number of hydrogen-bond donors (Lipinski definition) is 19. The van der Waals surface area contributed by atoms with Gasteiger partial charge < -0.3 is 102 Å². The number of rotatable bonds is 42. The molecule has 12 atom stereocenters. The number of thioether (sulfide) groups is 1. The number of aliphatic carboxylic acids is 3. The lowest BCUT2D eigenvalue weighted by Crippen LogP contribution is -2.62. The van der Waals surface area contributed by atoms with Crippen molar-refractivity contribution in [1.29, 1.82) is 0 Å². The summed E-state index contributed by atoms with van der Waals surface area (Å²) in [6.45, 7) is 9.96. The Bertz CT molecular complexity index is 3330. The van der Waals surface area contributed by atoms with Gasteiger partial charge in [0.25, 0.3) is 5.97 Å². The van der Waals surface area contributed by atoms with Crippen LogP contribution in [0.4, 0.5) is 0 Å². The third kappa shape index (κ3) is 31.2. The highest BCUT2D eigenvalue weighted by Gasteiger charge is 2.38. The quantitative estimate of drug-likeness (QED) is 0.0257. The van der Waals surface area contributed by atoms with Crippen molar-refractivity contribution >= 4 is 117 Å². The lowest BCUT2D eigenvalue weighted by Gasteiger charge is -2.29. The van der Waals surface area contributed by atoms with Crippen molar-refractivity contribution in [2.45, 2.75) is 185 Å². The number of carboxylic acid groups (broad SMARTS) is 3. The summed E-state index contributed by atoms with van der Waals surface area (Å²) in [5.74, 6) is -18.1. The van der Waals surface area contributed by atoms with E-state index in [-0.39, 0.29) is 43.8 Å². The smallest absolute Gasteiger partial charge is 0.328 e. The molecule has 13 amide bonds. The Balaban J connectivity index is 0.00000809. The molecule has 0 bridgehead atoms. The fourth-order valence-corrected chi connectivity index (χ4v) is 10.0. The van der Waals surface area contributed by atoms with E-state index in [2.05, 4.69) is 58.2 Å². The molecule has 0 aliphatic rings. The number of carbonyl (C=O) groups is 16. The van der Waals surface area contributed by atoms with Crippen LogP contribution in [0.25, 0.3) is 10.9 Å². The number of carboxylic acids is 3. The lowest BCUT2D eigenvalue weighted by atomic mass is 9.99. The number of benzene rings is 2. The molecule has 3 rings (SSSR count). The van der Waals surface area contributed by atoms with Crippen LogP contribution in [0.1, 0.15) is 111 Å². The second-order valence-electron chi connectivity index (χ2n) is 24.0. The molecule has 0 radical (unpaired) electrons. The Labute approximate surface area is 574 Å². The summed E-state index contributed by atoms with van der Waals surface area (Å²) in [6, 6.07) is -2.52. The number of aromatic nitrogens is 1. The second kappa shape index (κ2) is 42.4. The molecule has 0 aliphatic heterocycles. The van der Waals surface area contributed by atoms with Gasteiger partial charge in [0.1, 0.15) is 54.4 Å². The maximum absolute atomic E-state index is 14.9. The number of amides is 13. The van der Waals surface area contributed by atoms with Gasteiger partial charge in [0, 0.05) is 49.7 Å². The Morgan fingerprint density at radius 1 is 0.475 bits per heavy atom. The van der Waals surface area contributed by atoms with Crippen LogP contribution in [0.3, 0.4) is 0 Å². The van der Waals surface area contributed by atoms with Crippen molar-refractivity contribution in [3.63, 3.8) is 0 Å². The number of para-hydroxylation sites is 1. The predicted molar refractivity (Wildman–Crippen MR) is 358 cm³/mol. The standard InChI is InChI=1S/C61H89N15O18S.C2H4O2/c1-29(2)23-40(55(87)68-39(21-22-95-7)54(86)73-43(26-47(65)80)59(91)76-50(32(6)77)61(93)94)70-56(88)42(25-34-28-66-36-16-12-11-15-35(34)36)72-53(85)38(18-20-46(64)79)69-60(92)49(30(3)4)75-58(90)41(24-33-13-9-8-10-14-33)71-57(89)44(27-48(81)82)74-52(84)37(17-19-45(63)78)67-51(83)31(5)62;1-2(3)4/h8-16,28-32,37-44,49-50,66,77H,17-27,62H2,1-7H3,(H2,63,78)(H2,64,79)(H2,65,80)(H,67,83)(H,68,87)(H,69,92)(H,70,88)(H,71,89)(H,72,85)(H,73,86)(H,74,84)(H,75,90)(H,76,91)(H,81,82)(H,93,94);1H3,(H,3,4)/t31-,32+,37-,38-,39-,40-,41-,42-,43-,44-,49-,50-;/m0./s1. The van der Waals surface area contributed by atoms with E-state index in [0.717, 1.165) is 13.8 Å². The normalized spacial score (nSPS) is 14.6. The van der Waals surface area contributed by atoms with Crippen LogP contribution in [-0.2, 0) is 89.6 Å². The van der Waals surface area contributed by atoms with Gasteiger partial charge in [-0.2, -0.15) is 11.8 Å². The molecule has 0 aliphatic carbocycles. The molecular weight excluding hydrogens is 1320 g/mol. The maximum Gasteiger partial charge on any atom is 0.328 e. The zero-order valence-corrected chi connectivity index (χ0v) is 57.0. The number of aromatic amines is 1. The average Bonchev–Trinajstić information content (AvgIpc) is 1.73. The first-order valence-electron chi connectivity index (χ1n) is 31.4. The van der Waals surface area contributed by atoms with Gasteiger partial charge in [-0.05, 0) is 80.6 Å². The van der Waals surface area contributed by atoms with E-state index in [0.29, 0.717) is 22.0 Å². The molecule has 99 heavy (non-hydrogen) atoms. The Kier molecular flexibility index (Phi) is 36.4. The zero-order chi connectivity index (χ0) is 75.0. The summed E-state index contributed by atoms with van der Waals surface area (Å²) in [7, 11) is 0. The summed E-state index contributed by atoms with van der Waals surface area (Å²) >= 11 is 1.27. The number of nitrogens with one attached hydrogen (secondary N) is 11. The van der Waals surface area contributed by atoms with Gasteiger partial charge in [-0.15, -0.1) is 0 Å². The third-order valence-corrected chi connectivity index (χ3v) is 15.3. The number of hydrogen-bond acceptors (Lipinski definition) is 19. The van der Waals surface area contributed by atoms with Crippen molar-refractivity contribution in [2.75, 3.05) is 12.0 Å². The van der Waals surface area contributed by atoms with Gasteiger partial charge in [-0.1, -0.05) is 76.2 Å². The van der Waals surface area contributed by atoms with Gasteiger partial charge in [-0.3, -0.25) is 71.9 Å². The molecule has 35 nitrogen and oxygen atoms in total. The first-order valence-corrected chi connectivity index (χ1v) is 32.8. The van der Waals surface area contributed by atoms with Crippen LogP contribution >= 0.6 is 11.8 Å². The topological polar surface area (TPSA) is 594 Å². The molecule has 23 N–H and O–H groups in total. The minimum atomic E-state index is -1.91. The molecule has 1 aromatic heterocycles. The van der Waals surface area contributed by atoms with Gasteiger partial charge in [-0.25, -0.2) is 4.79 Å². The number of aliphatic hydroxyl groups is 1. The van der Waals surface area contributed by atoms with Gasteiger partial charge in [0.15, 0.2) is 6.04 Å². The number of fused-ring (bicyclic) bond motifs is 1. The van der Waals surface area contributed by atoms with E-state index in [1.54, 1.807) is 80.9 Å². The van der Waals surface area contributed by atoms with Gasteiger partial charge >= 0.3 is 11.9 Å². The number of H-pyrrole nitrogens is 1. The molecule has 546 valence electrons. The van der Waals surface area contributed by atoms with E-state index < -0.39 is 205 Å². The Hall–Kier alpha value is -10.2. The third-order valence-electron chi connectivity index (χ3n) is 14.6. The molecule has 0 unspecified atom stereocenters. The monoisotopic (exact) mass is 1410 g/mol. The molecule has 2 aromatic carbocycles. The molecule has 0 saturated heterocycles. The van der Waals surface area contributed by atoms with Crippen molar-refractivity contribution in [3.8, 4) is 0 Å². The number of nitrogens with two attached hydrogens (primary N) is 4. The van der Waals surface area contributed by atoms with E-state index in [1.165, 1.54) is 32.5 Å². The average molecular weight is 1410 g/mol. The second-order valence-corrected chi connectivity index (χ2v) is 25.0. The van der Waals surface area contributed by atoms with Crippen LogP contribution in [-0.4, -0.2) is 205 Å². The number of carbonyl (C=O) groups excluding carboxylic acids is 13. The number of aliphatic hydroxyl groups excluding tert-OH is 1. The van der Waals surface area contributed by atoms with E-state index in [4.69, 9.17) is 32.8 Å². The minimum absolute atomic E-state index is 0.0736. The van der Waals surface area contributed by atoms with Crippen LogP contribution < -0.4 is 76.1 Å². The summed E-state index contributed by atoms with van der Waals surface area (Å²) in [5, 5.41) is 61.8. The minimum Gasteiger partial charge on any atom is -0.481 e. The molecule has 1 heterocycles. The Morgan fingerprint density at radius 2 is 0.879 bits per heavy atom. The Morgan fingerprint density at radius 3 is 1.35 bits per heavy atom. The van der Waals surface area contributed by atoms with E-state index >= 15 is 0 Å². The molecule has 3 aromatic rings. The van der Waals surface area contributed by atoms with Crippen molar-refractivity contribution in [3.05, 3.63) is 71.9 Å². The summed E-state index contributed by atoms with van der Waals surface area (Å²) in [4.78, 5) is 213. The fourth-order valence-electron chi connectivity index (χ4n) is 9.53. The van der Waals surface area contributed by atoms with Crippen LogP contribution in [0.2, 0.25) is 0 Å². The van der Waals surface area contributed by atoms with Gasteiger partial charge in [0.05, 0.1) is 25.0 Å². The highest BCUT2D eigenvalue weighted by atomic mass is 32.2. The predicted octanol–water partition coefficient (Wildman–Crippen LogP) is -3.96. The number of primary amides is 3. The highest BCUT2D eigenvalue weighted by molar-refractivity contribution is 7.98. The van der Waals surface area contributed by atoms with Crippen molar-refractivity contribution in [1.82, 2.24) is 58.2 Å². The molecular formula is C63H93N15O20S. The van der Waals surface area contributed by atoms with E-state index in [9.17, 15) is 87.2 Å². The lowest BCUT2D eigenvalue weighted by molar-refractivity contribution is -0.145. The van der Waals surface area contributed by atoms with Crippen LogP contribution in [0.15, 0.2) is 60.8 Å². The molecule has 0 saturated carbocycles. The van der Waals surface area contributed by atoms with E-state index in [1.807, 2.05) is 0 Å². The SMILES string of the molecule is CC(=O)O.CSCC[C@H](NC(=O)[C@H](CC(C)C)NC(=O)[C@H](Cc1c[nH]c2ccccc12)NC(=O)[C@H](CCC(N)=O)NC(=O)[C@@H](NC(=O)[C@H](Cc1ccccc1)NC(=O)[C@H](CC(=O)O)NC(=O)[C@H](CCC(N)=O)NC(=O)[C@H](C)N)C(C)C)C(=O)N[C@@H](CC(N)=O)C(=O)N[C@H](C(=O)O)[C@@H](C)O. The first-order chi connectivity index (χ1) is 46.3. The largest absolute Gasteiger partial charge is 0.481 e. The molecule has 0 spiro atoms. The fraction of sp³-hybridized carbons (Fsp3) is 0.524. The first kappa shape index (κ1) is 84.9. The highest BCUT2D eigenvalue weighted by Crippen LogP contribution is 2.21. The summed E-state index contributed by atoms with van der Waals surface area (Å²) in [6.07, 6.45) is -2.71. The maximum atomic E-state index is 14.9. The molecule has 36 heteroatoms. The summed E-state index contributed by atoms with van der Waals surface area (Å²) < 4.78 is 0. The van der Waals surface area contributed by atoms with Crippen molar-refractivity contribution in [2.24, 2.45) is 34.8 Å². The van der Waals surface area contributed by atoms with Crippen LogP contribution in [0, 0.1) is 11.8 Å². The summed E-state index contributed by atoms with van der Waals surface area (Å²) in [5.41, 5.74) is 23.4.